The van der Waals surface area contributed by atoms with Gasteiger partial charge in [-0.05, 0) is 24.3 Å². The standard InChI is InChI=1S/C12H9NO2/c1-7(14)11-6-8-2-3-10-9(4-5-13-10)12(8)15-11/h2-6,13H,1H3. The van der Waals surface area contributed by atoms with Gasteiger partial charge in [0.25, 0.3) is 0 Å². The summed E-state index contributed by atoms with van der Waals surface area (Å²) in [5.74, 6) is 0.369. The van der Waals surface area contributed by atoms with Crippen LogP contribution in [0.4, 0.5) is 0 Å². The number of Topliss-reactive ketones (excluding diaryl/α,β-unsaturated/α-hetero) is 1. The first-order chi connectivity index (χ1) is 7.25. The van der Waals surface area contributed by atoms with E-state index in [2.05, 4.69) is 4.98 Å². The van der Waals surface area contributed by atoms with E-state index in [9.17, 15) is 4.79 Å². The summed E-state index contributed by atoms with van der Waals surface area (Å²) in [6, 6.07) is 7.66. The molecule has 3 aromatic rings. The van der Waals surface area contributed by atoms with E-state index >= 15 is 0 Å². The Balaban J connectivity index is 2.46. The SMILES string of the molecule is CC(=O)c1cc2ccc3[nH]ccc3c2o1. The highest BCUT2D eigenvalue weighted by molar-refractivity contribution is 6.06. The Bertz CT molecular complexity index is 660. The van der Waals surface area contributed by atoms with Gasteiger partial charge in [-0.25, -0.2) is 0 Å². The molecule has 3 nitrogen and oxygen atoms in total. The van der Waals surface area contributed by atoms with E-state index in [1.54, 1.807) is 6.07 Å². The molecule has 0 unspecified atom stereocenters. The van der Waals surface area contributed by atoms with Crippen LogP contribution in [0.15, 0.2) is 34.9 Å². The van der Waals surface area contributed by atoms with Crippen molar-refractivity contribution >= 4 is 27.7 Å². The Morgan fingerprint density at radius 1 is 1.33 bits per heavy atom. The summed E-state index contributed by atoms with van der Waals surface area (Å²) >= 11 is 0. The molecule has 0 saturated heterocycles. The predicted molar refractivity (Wildman–Crippen MR) is 58.1 cm³/mol. The smallest absolute Gasteiger partial charge is 0.194 e. The molecule has 15 heavy (non-hydrogen) atoms. The van der Waals surface area contributed by atoms with Gasteiger partial charge in [-0.3, -0.25) is 4.79 Å². The lowest BCUT2D eigenvalue weighted by molar-refractivity contribution is 0.0989. The average molecular weight is 199 g/mol. The minimum absolute atomic E-state index is 0.0464. The molecular formula is C12H9NO2. The monoisotopic (exact) mass is 199 g/mol. The molecule has 1 aromatic carbocycles. The van der Waals surface area contributed by atoms with Crippen LogP contribution in [-0.4, -0.2) is 10.8 Å². The quantitative estimate of drug-likeness (QED) is 0.612. The third-order valence-corrected chi connectivity index (χ3v) is 2.56. The van der Waals surface area contributed by atoms with E-state index in [1.807, 2.05) is 24.4 Å². The van der Waals surface area contributed by atoms with Crippen LogP contribution in [0.3, 0.4) is 0 Å². The van der Waals surface area contributed by atoms with Crippen LogP contribution in [0.2, 0.25) is 0 Å². The molecule has 0 amide bonds. The molecule has 0 fully saturated rings. The number of aromatic amines is 1. The Kier molecular flexibility index (Phi) is 1.51. The number of aromatic nitrogens is 1. The average Bonchev–Trinajstić information content (AvgIpc) is 2.82. The number of benzene rings is 1. The van der Waals surface area contributed by atoms with Gasteiger partial charge in [0, 0.05) is 29.4 Å². The molecule has 1 N–H and O–H groups in total. The number of hydrogen-bond acceptors (Lipinski definition) is 2. The van der Waals surface area contributed by atoms with Crippen LogP contribution in [0.1, 0.15) is 17.5 Å². The molecule has 0 bridgehead atoms. The van der Waals surface area contributed by atoms with Crippen LogP contribution in [0, 0.1) is 0 Å². The van der Waals surface area contributed by atoms with Crippen molar-refractivity contribution in [3.63, 3.8) is 0 Å². The molecule has 0 aliphatic rings. The Morgan fingerprint density at radius 2 is 2.20 bits per heavy atom. The van der Waals surface area contributed by atoms with Crippen LogP contribution in [0.25, 0.3) is 21.9 Å². The van der Waals surface area contributed by atoms with Gasteiger partial charge in [-0.1, -0.05) is 0 Å². The molecule has 0 aliphatic heterocycles. The highest BCUT2D eigenvalue weighted by Crippen LogP contribution is 2.27. The van der Waals surface area contributed by atoms with Gasteiger partial charge in [0.1, 0.15) is 5.58 Å². The van der Waals surface area contributed by atoms with E-state index in [1.165, 1.54) is 6.92 Å². The van der Waals surface area contributed by atoms with Crippen molar-refractivity contribution < 1.29 is 9.21 Å². The third-order valence-electron chi connectivity index (χ3n) is 2.56. The van der Waals surface area contributed by atoms with Gasteiger partial charge in [-0.15, -0.1) is 0 Å². The van der Waals surface area contributed by atoms with Crippen molar-refractivity contribution in [2.24, 2.45) is 0 Å². The van der Waals surface area contributed by atoms with Gasteiger partial charge in [-0.2, -0.15) is 0 Å². The summed E-state index contributed by atoms with van der Waals surface area (Å²) in [6.07, 6.45) is 1.86. The highest BCUT2D eigenvalue weighted by atomic mass is 16.3. The molecule has 0 radical (unpaired) electrons. The fourth-order valence-electron chi connectivity index (χ4n) is 1.80. The number of H-pyrrole nitrogens is 1. The molecule has 0 aliphatic carbocycles. The summed E-state index contributed by atoms with van der Waals surface area (Å²) in [6.45, 7) is 1.51. The molecule has 2 aromatic heterocycles. The molecule has 0 atom stereocenters. The fraction of sp³-hybridized carbons (Fsp3) is 0.0833. The first-order valence-electron chi connectivity index (χ1n) is 4.76. The normalized spacial score (nSPS) is 11.3. The van der Waals surface area contributed by atoms with E-state index < -0.39 is 0 Å². The lowest BCUT2D eigenvalue weighted by Crippen LogP contribution is -1.85. The number of hydrogen-bond donors (Lipinski definition) is 1. The molecule has 3 heteroatoms. The zero-order chi connectivity index (χ0) is 10.4. The molecule has 0 spiro atoms. The summed E-state index contributed by atoms with van der Waals surface area (Å²) in [5, 5.41) is 1.98. The van der Waals surface area contributed by atoms with E-state index in [4.69, 9.17) is 4.42 Å². The first kappa shape index (κ1) is 8.29. The van der Waals surface area contributed by atoms with Crippen LogP contribution >= 0.6 is 0 Å². The minimum Gasteiger partial charge on any atom is -0.452 e. The van der Waals surface area contributed by atoms with Crippen molar-refractivity contribution in [2.75, 3.05) is 0 Å². The number of carbonyl (C=O) groups is 1. The lowest BCUT2D eigenvalue weighted by atomic mass is 10.2. The molecule has 3 rings (SSSR count). The van der Waals surface area contributed by atoms with Gasteiger partial charge >= 0.3 is 0 Å². The maximum atomic E-state index is 11.2. The number of carbonyl (C=O) groups excluding carboxylic acids is 1. The first-order valence-corrected chi connectivity index (χ1v) is 4.76. The zero-order valence-corrected chi connectivity index (χ0v) is 8.20. The number of ketones is 1. The van der Waals surface area contributed by atoms with E-state index in [0.717, 1.165) is 21.9 Å². The van der Waals surface area contributed by atoms with Gasteiger partial charge in [0.05, 0.1) is 0 Å². The Morgan fingerprint density at radius 3 is 3.00 bits per heavy atom. The Labute approximate surface area is 85.7 Å². The summed E-state index contributed by atoms with van der Waals surface area (Å²) in [4.78, 5) is 14.3. The van der Waals surface area contributed by atoms with Crippen molar-refractivity contribution in [1.82, 2.24) is 4.98 Å². The van der Waals surface area contributed by atoms with E-state index in [-0.39, 0.29) is 5.78 Å². The van der Waals surface area contributed by atoms with Crippen molar-refractivity contribution in [1.29, 1.82) is 0 Å². The second kappa shape index (κ2) is 2.73. The van der Waals surface area contributed by atoms with Crippen molar-refractivity contribution in [3.8, 4) is 0 Å². The topological polar surface area (TPSA) is 46.0 Å². The summed E-state index contributed by atoms with van der Waals surface area (Å²) < 4.78 is 5.53. The molecule has 0 saturated carbocycles. The number of furan rings is 1. The van der Waals surface area contributed by atoms with Gasteiger partial charge in [0.2, 0.25) is 0 Å². The predicted octanol–water partition coefficient (Wildman–Crippen LogP) is 3.12. The van der Waals surface area contributed by atoms with Crippen molar-refractivity contribution in [2.45, 2.75) is 6.92 Å². The largest absolute Gasteiger partial charge is 0.452 e. The highest BCUT2D eigenvalue weighted by Gasteiger charge is 2.10. The maximum Gasteiger partial charge on any atom is 0.194 e. The molecule has 74 valence electrons. The van der Waals surface area contributed by atoms with E-state index in [0.29, 0.717) is 5.76 Å². The number of rotatable bonds is 1. The maximum absolute atomic E-state index is 11.2. The number of nitrogens with one attached hydrogen (secondary N) is 1. The second-order valence-corrected chi connectivity index (χ2v) is 3.59. The second-order valence-electron chi connectivity index (χ2n) is 3.59. The lowest BCUT2D eigenvalue weighted by Gasteiger charge is -1.90. The Hall–Kier alpha value is -2.03. The summed E-state index contributed by atoms with van der Waals surface area (Å²) in [5.41, 5.74) is 1.80. The minimum atomic E-state index is -0.0464. The van der Waals surface area contributed by atoms with Crippen LogP contribution in [0.5, 0.6) is 0 Å². The summed E-state index contributed by atoms with van der Waals surface area (Å²) in [7, 11) is 0. The third kappa shape index (κ3) is 1.09. The fourth-order valence-corrected chi connectivity index (χ4v) is 1.80. The van der Waals surface area contributed by atoms with Gasteiger partial charge in [0.15, 0.2) is 11.5 Å². The zero-order valence-electron chi connectivity index (χ0n) is 8.20. The number of fused-ring (bicyclic) bond motifs is 3. The van der Waals surface area contributed by atoms with Crippen LogP contribution < -0.4 is 0 Å². The molecular weight excluding hydrogens is 190 g/mol. The van der Waals surface area contributed by atoms with Gasteiger partial charge < -0.3 is 9.40 Å². The van der Waals surface area contributed by atoms with Crippen LogP contribution in [-0.2, 0) is 0 Å². The van der Waals surface area contributed by atoms with Crippen molar-refractivity contribution in [3.05, 3.63) is 36.2 Å². The molecule has 2 heterocycles.